The molecule has 1 rings (SSSR count). The highest BCUT2D eigenvalue weighted by molar-refractivity contribution is 5.33. The molecule has 0 aliphatic heterocycles. The second-order valence-corrected chi connectivity index (χ2v) is 3.54. The number of aliphatic hydroxyl groups excluding tert-OH is 1. The van der Waals surface area contributed by atoms with Crippen molar-refractivity contribution in [3.63, 3.8) is 0 Å². The van der Waals surface area contributed by atoms with Gasteiger partial charge in [0.1, 0.15) is 12.4 Å². The maximum atomic E-state index is 8.91. The molecule has 0 aliphatic rings. The summed E-state index contributed by atoms with van der Waals surface area (Å²) >= 11 is 0. The molecule has 0 unspecified atom stereocenters. The molecule has 1 N–H and O–H groups in total. The Morgan fingerprint density at radius 1 is 1.12 bits per heavy atom. The lowest BCUT2D eigenvalue weighted by molar-refractivity contribution is 0.100. The van der Waals surface area contributed by atoms with E-state index in [1.807, 2.05) is 24.3 Å². The van der Waals surface area contributed by atoms with Gasteiger partial charge in [0, 0.05) is 13.2 Å². The van der Waals surface area contributed by atoms with Gasteiger partial charge in [-0.2, -0.15) is 0 Å². The van der Waals surface area contributed by atoms with Crippen molar-refractivity contribution in [3.8, 4) is 5.75 Å². The van der Waals surface area contributed by atoms with Gasteiger partial charge in [-0.3, -0.25) is 0 Å². The van der Waals surface area contributed by atoms with Gasteiger partial charge in [-0.1, -0.05) is 25.1 Å². The Labute approximate surface area is 97.0 Å². The number of para-hydroxylation sites is 1. The largest absolute Gasteiger partial charge is 0.491 e. The van der Waals surface area contributed by atoms with Gasteiger partial charge < -0.3 is 14.6 Å². The highest BCUT2D eigenvalue weighted by atomic mass is 16.5. The standard InChI is InChI=1S/C13H20O3/c1-2-9-15-10-11-16-13-6-4-3-5-12(13)7-8-14/h3-6,14H,2,7-11H2,1H3. The lowest BCUT2D eigenvalue weighted by Gasteiger charge is -2.10. The molecular formula is C13H20O3. The molecule has 0 aliphatic carbocycles. The topological polar surface area (TPSA) is 38.7 Å². The molecule has 3 nitrogen and oxygen atoms in total. The van der Waals surface area contributed by atoms with E-state index in [9.17, 15) is 0 Å². The second kappa shape index (κ2) is 8.13. The van der Waals surface area contributed by atoms with Gasteiger partial charge in [-0.05, 0) is 24.5 Å². The van der Waals surface area contributed by atoms with E-state index >= 15 is 0 Å². The van der Waals surface area contributed by atoms with E-state index < -0.39 is 0 Å². The minimum absolute atomic E-state index is 0.146. The highest BCUT2D eigenvalue weighted by Crippen LogP contribution is 2.17. The SMILES string of the molecule is CCCOCCOc1ccccc1CCO. The molecule has 1 aromatic carbocycles. The zero-order valence-corrected chi connectivity index (χ0v) is 9.82. The van der Waals surface area contributed by atoms with Crippen LogP contribution in [0.4, 0.5) is 0 Å². The Morgan fingerprint density at radius 3 is 2.69 bits per heavy atom. The molecule has 0 saturated carbocycles. The van der Waals surface area contributed by atoms with Crippen molar-refractivity contribution in [3.05, 3.63) is 29.8 Å². The molecule has 3 heteroatoms. The van der Waals surface area contributed by atoms with Crippen LogP contribution in [-0.4, -0.2) is 31.5 Å². The molecule has 0 aromatic heterocycles. The Balaban J connectivity index is 2.34. The third-order valence-electron chi connectivity index (χ3n) is 2.19. The first-order valence-corrected chi connectivity index (χ1v) is 5.77. The molecule has 16 heavy (non-hydrogen) atoms. The average Bonchev–Trinajstić information content (AvgIpc) is 2.31. The van der Waals surface area contributed by atoms with E-state index in [1.165, 1.54) is 0 Å². The molecule has 0 saturated heterocycles. The van der Waals surface area contributed by atoms with Gasteiger partial charge >= 0.3 is 0 Å². The second-order valence-electron chi connectivity index (χ2n) is 3.54. The number of hydrogen-bond acceptors (Lipinski definition) is 3. The molecule has 1 aromatic rings. The Morgan fingerprint density at radius 2 is 1.94 bits per heavy atom. The van der Waals surface area contributed by atoms with E-state index in [-0.39, 0.29) is 6.61 Å². The third kappa shape index (κ3) is 4.64. The van der Waals surface area contributed by atoms with E-state index in [4.69, 9.17) is 14.6 Å². The summed E-state index contributed by atoms with van der Waals surface area (Å²) in [5, 5.41) is 8.91. The summed E-state index contributed by atoms with van der Waals surface area (Å²) in [6.07, 6.45) is 1.66. The van der Waals surface area contributed by atoms with E-state index in [0.29, 0.717) is 19.6 Å². The summed E-state index contributed by atoms with van der Waals surface area (Å²) in [5.74, 6) is 0.844. The lowest BCUT2D eigenvalue weighted by Crippen LogP contribution is -2.08. The van der Waals surface area contributed by atoms with Crippen molar-refractivity contribution in [1.82, 2.24) is 0 Å². The van der Waals surface area contributed by atoms with Crippen molar-refractivity contribution in [1.29, 1.82) is 0 Å². The zero-order chi connectivity index (χ0) is 11.6. The fourth-order valence-corrected chi connectivity index (χ4v) is 1.43. The summed E-state index contributed by atoms with van der Waals surface area (Å²) in [4.78, 5) is 0. The molecule has 0 radical (unpaired) electrons. The zero-order valence-electron chi connectivity index (χ0n) is 9.82. The number of benzene rings is 1. The van der Waals surface area contributed by atoms with E-state index in [1.54, 1.807) is 0 Å². The lowest BCUT2D eigenvalue weighted by atomic mass is 10.1. The van der Waals surface area contributed by atoms with Crippen LogP contribution in [0.3, 0.4) is 0 Å². The Bertz CT molecular complexity index is 286. The minimum Gasteiger partial charge on any atom is -0.491 e. The summed E-state index contributed by atoms with van der Waals surface area (Å²) in [6, 6.07) is 7.78. The van der Waals surface area contributed by atoms with E-state index in [0.717, 1.165) is 24.3 Å². The maximum absolute atomic E-state index is 8.91. The monoisotopic (exact) mass is 224 g/mol. The summed E-state index contributed by atoms with van der Waals surface area (Å²) in [5.41, 5.74) is 1.04. The third-order valence-corrected chi connectivity index (χ3v) is 2.19. The van der Waals surface area contributed by atoms with Crippen LogP contribution in [0.25, 0.3) is 0 Å². The van der Waals surface area contributed by atoms with Crippen LogP contribution in [0.5, 0.6) is 5.75 Å². The molecule has 0 amide bonds. The first-order valence-electron chi connectivity index (χ1n) is 5.77. The van der Waals surface area contributed by atoms with Gasteiger partial charge in [0.05, 0.1) is 6.61 Å². The normalized spacial score (nSPS) is 10.4. The maximum Gasteiger partial charge on any atom is 0.122 e. The highest BCUT2D eigenvalue weighted by Gasteiger charge is 2.01. The molecule has 0 atom stereocenters. The Kier molecular flexibility index (Phi) is 6.61. The number of hydrogen-bond donors (Lipinski definition) is 1. The average molecular weight is 224 g/mol. The van der Waals surface area contributed by atoms with Crippen LogP contribution in [0, 0.1) is 0 Å². The molecular weight excluding hydrogens is 204 g/mol. The molecule has 0 fully saturated rings. The molecule has 0 heterocycles. The van der Waals surface area contributed by atoms with Crippen molar-refractivity contribution in [2.45, 2.75) is 19.8 Å². The van der Waals surface area contributed by atoms with E-state index in [2.05, 4.69) is 6.92 Å². The number of rotatable bonds is 8. The minimum atomic E-state index is 0.146. The summed E-state index contributed by atoms with van der Waals surface area (Å²) in [7, 11) is 0. The first kappa shape index (κ1) is 13.0. The first-order chi connectivity index (χ1) is 7.88. The van der Waals surface area contributed by atoms with Crippen molar-refractivity contribution in [2.75, 3.05) is 26.4 Å². The summed E-state index contributed by atoms with van der Waals surface area (Å²) < 4.78 is 10.9. The molecule has 0 bridgehead atoms. The van der Waals surface area contributed by atoms with Crippen LogP contribution in [-0.2, 0) is 11.2 Å². The van der Waals surface area contributed by atoms with Gasteiger partial charge in [-0.15, -0.1) is 0 Å². The van der Waals surface area contributed by atoms with Crippen LogP contribution in [0.2, 0.25) is 0 Å². The fourth-order valence-electron chi connectivity index (χ4n) is 1.43. The van der Waals surface area contributed by atoms with Crippen LogP contribution < -0.4 is 4.74 Å². The molecule has 0 spiro atoms. The predicted molar refractivity (Wildman–Crippen MR) is 63.8 cm³/mol. The van der Waals surface area contributed by atoms with Gasteiger partial charge in [-0.25, -0.2) is 0 Å². The van der Waals surface area contributed by atoms with Crippen LogP contribution in [0.1, 0.15) is 18.9 Å². The van der Waals surface area contributed by atoms with Gasteiger partial charge in [0.25, 0.3) is 0 Å². The van der Waals surface area contributed by atoms with Crippen molar-refractivity contribution >= 4 is 0 Å². The quantitative estimate of drug-likeness (QED) is 0.687. The van der Waals surface area contributed by atoms with Gasteiger partial charge in [0.2, 0.25) is 0 Å². The smallest absolute Gasteiger partial charge is 0.122 e. The summed E-state index contributed by atoms with van der Waals surface area (Å²) in [6.45, 7) is 4.18. The number of aliphatic hydroxyl groups is 1. The van der Waals surface area contributed by atoms with Crippen LogP contribution in [0.15, 0.2) is 24.3 Å². The predicted octanol–water partition coefficient (Wildman–Crippen LogP) is 2.03. The fraction of sp³-hybridized carbons (Fsp3) is 0.538. The van der Waals surface area contributed by atoms with Crippen LogP contribution >= 0.6 is 0 Å². The van der Waals surface area contributed by atoms with Gasteiger partial charge in [0.15, 0.2) is 0 Å². The van der Waals surface area contributed by atoms with Crippen molar-refractivity contribution < 1.29 is 14.6 Å². The Hall–Kier alpha value is -1.06. The van der Waals surface area contributed by atoms with Crippen molar-refractivity contribution in [2.24, 2.45) is 0 Å². The molecule has 90 valence electrons. The number of ether oxygens (including phenoxy) is 2.